The SMILES string of the molecule is CC(OC(=O)CSc1ccc(Br)cc1)C(=O)c1ccc(NS(C)(=O)=O)cc1. The van der Waals surface area contributed by atoms with Crippen molar-refractivity contribution in [2.24, 2.45) is 0 Å². The topological polar surface area (TPSA) is 89.5 Å². The lowest BCUT2D eigenvalue weighted by Crippen LogP contribution is -2.25. The minimum atomic E-state index is -3.38. The van der Waals surface area contributed by atoms with Crippen molar-refractivity contribution in [2.75, 3.05) is 16.7 Å². The van der Waals surface area contributed by atoms with E-state index in [1.165, 1.54) is 43.0 Å². The van der Waals surface area contributed by atoms with Gasteiger partial charge in [0, 0.05) is 20.6 Å². The average molecular weight is 472 g/mol. The van der Waals surface area contributed by atoms with E-state index >= 15 is 0 Å². The van der Waals surface area contributed by atoms with Crippen LogP contribution in [0.25, 0.3) is 0 Å². The largest absolute Gasteiger partial charge is 0.454 e. The molecule has 0 aliphatic rings. The number of benzene rings is 2. The van der Waals surface area contributed by atoms with Gasteiger partial charge in [-0.15, -0.1) is 11.8 Å². The lowest BCUT2D eigenvalue weighted by molar-refractivity contribution is -0.143. The van der Waals surface area contributed by atoms with E-state index in [1.54, 1.807) is 0 Å². The normalized spacial score (nSPS) is 12.3. The average Bonchev–Trinajstić information content (AvgIpc) is 2.60. The van der Waals surface area contributed by atoms with Crippen LogP contribution in [-0.2, 0) is 19.6 Å². The van der Waals surface area contributed by atoms with Crippen LogP contribution in [0.5, 0.6) is 0 Å². The Balaban J connectivity index is 1.88. The molecule has 0 spiro atoms. The first-order chi connectivity index (χ1) is 12.6. The quantitative estimate of drug-likeness (QED) is 0.358. The number of esters is 1. The molecule has 0 aliphatic heterocycles. The highest BCUT2D eigenvalue weighted by Crippen LogP contribution is 2.21. The third-order valence-corrected chi connectivity index (χ3v) is 5.44. The van der Waals surface area contributed by atoms with Gasteiger partial charge >= 0.3 is 5.97 Å². The van der Waals surface area contributed by atoms with Crippen molar-refractivity contribution in [3.8, 4) is 0 Å². The highest BCUT2D eigenvalue weighted by molar-refractivity contribution is 9.10. The highest BCUT2D eigenvalue weighted by Gasteiger charge is 2.19. The molecule has 1 atom stereocenters. The third kappa shape index (κ3) is 7.36. The fourth-order valence-electron chi connectivity index (χ4n) is 2.11. The molecule has 2 rings (SSSR count). The van der Waals surface area contributed by atoms with Crippen LogP contribution in [0, 0.1) is 0 Å². The van der Waals surface area contributed by atoms with Crippen molar-refractivity contribution in [1.82, 2.24) is 0 Å². The summed E-state index contributed by atoms with van der Waals surface area (Å²) in [6.45, 7) is 1.51. The number of ether oxygens (including phenoxy) is 1. The Kier molecular flexibility index (Phi) is 7.46. The second kappa shape index (κ2) is 9.38. The predicted molar refractivity (Wildman–Crippen MR) is 110 cm³/mol. The number of ketones is 1. The minimum absolute atomic E-state index is 0.0937. The molecule has 2 aromatic carbocycles. The lowest BCUT2D eigenvalue weighted by Gasteiger charge is -2.13. The van der Waals surface area contributed by atoms with Gasteiger partial charge in [0.1, 0.15) is 0 Å². The second-order valence-corrected chi connectivity index (χ2v) is 9.40. The van der Waals surface area contributed by atoms with E-state index in [1.807, 2.05) is 24.3 Å². The molecule has 0 fully saturated rings. The van der Waals surface area contributed by atoms with Crippen LogP contribution in [0.3, 0.4) is 0 Å². The van der Waals surface area contributed by atoms with E-state index in [4.69, 9.17) is 4.74 Å². The molecule has 0 radical (unpaired) electrons. The molecular formula is C18H18BrNO5S2. The molecule has 144 valence electrons. The van der Waals surface area contributed by atoms with Gasteiger partial charge < -0.3 is 4.74 Å². The van der Waals surface area contributed by atoms with E-state index < -0.39 is 22.1 Å². The number of nitrogens with one attached hydrogen (secondary N) is 1. The summed E-state index contributed by atoms with van der Waals surface area (Å²) in [5, 5.41) is 0. The van der Waals surface area contributed by atoms with Crippen LogP contribution in [0.15, 0.2) is 57.9 Å². The lowest BCUT2D eigenvalue weighted by atomic mass is 10.1. The predicted octanol–water partition coefficient (Wildman–Crippen LogP) is 3.73. The molecule has 0 saturated heterocycles. The minimum Gasteiger partial charge on any atom is -0.454 e. The van der Waals surface area contributed by atoms with Gasteiger partial charge in [-0.05, 0) is 55.5 Å². The highest BCUT2D eigenvalue weighted by atomic mass is 79.9. The van der Waals surface area contributed by atoms with Gasteiger partial charge in [-0.25, -0.2) is 8.42 Å². The Hall–Kier alpha value is -1.84. The Labute approximate surface area is 170 Å². The first kappa shape index (κ1) is 21.5. The van der Waals surface area contributed by atoms with Crippen molar-refractivity contribution < 1.29 is 22.7 Å². The first-order valence-electron chi connectivity index (χ1n) is 7.84. The zero-order valence-corrected chi connectivity index (χ0v) is 17.9. The van der Waals surface area contributed by atoms with E-state index in [-0.39, 0.29) is 11.5 Å². The molecule has 0 aliphatic carbocycles. The summed E-state index contributed by atoms with van der Waals surface area (Å²) in [5.74, 6) is -0.752. The Bertz CT molecular complexity index is 912. The number of sulfonamides is 1. The molecule has 0 amide bonds. The third-order valence-electron chi connectivity index (χ3n) is 3.32. The monoisotopic (exact) mass is 471 g/mol. The maximum Gasteiger partial charge on any atom is 0.316 e. The number of hydrogen-bond donors (Lipinski definition) is 1. The Morgan fingerprint density at radius 2 is 1.70 bits per heavy atom. The number of halogens is 1. The molecule has 27 heavy (non-hydrogen) atoms. The molecule has 1 N–H and O–H groups in total. The van der Waals surface area contributed by atoms with Crippen molar-refractivity contribution in [2.45, 2.75) is 17.9 Å². The maximum atomic E-state index is 12.4. The zero-order valence-electron chi connectivity index (χ0n) is 14.6. The van der Waals surface area contributed by atoms with Gasteiger partial charge in [0.25, 0.3) is 0 Å². The van der Waals surface area contributed by atoms with Crippen molar-refractivity contribution in [3.05, 3.63) is 58.6 Å². The van der Waals surface area contributed by atoms with Gasteiger partial charge in [0.15, 0.2) is 6.10 Å². The first-order valence-corrected chi connectivity index (χ1v) is 11.5. The van der Waals surface area contributed by atoms with E-state index in [0.717, 1.165) is 15.6 Å². The number of anilines is 1. The van der Waals surface area contributed by atoms with Crippen LogP contribution >= 0.6 is 27.7 Å². The molecule has 0 saturated carbocycles. The summed E-state index contributed by atoms with van der Waals surface area (Å²) in [4.78, 5) is 25.2. The number of carbonyl (C=O) groups excluding carboxylic acids is 2. The number of rotatable bonds is 8. The maximum absolute atomic E-state index is 12.4. The van der Waals surface area contributed by atoms with Crippen LogP contribution in [-0.4, -0.2) is 38.3 Å². The summed E-state index contributed by atoms with van der Waals surface area (Å²) in [5.41, 5.74) is 0.680. The summed E-state index contributed by atoms with van der Waals surface area (Å²) in [6.07, 6.45) is 0.108. The number of hydrogen-bond acceptors (Lipinski definition) is 6. The molecular weight excluding hydrogens is 454 g/mol. The molecule has 6 nitrogen and oxygen atoms in total. The van der Waals surface area contributed by atoms with Gasteiger partial charge in [-0.1, -0.05) is 15.9 Å². The second-order valence-electron chi connectivity index (χ2n) is 5.69. The molecule has 9 heteroatoms. The van der Waals surface area contributed by atoms with E-state index in [2.05, 4.69) is 20.7 Å². The summed E-state index contributed by atoms with van der Waals surface area (Å²) in [6, 6.07) is 13.4. The number of carbonyl (C=O) groups is 2. The van der Waals surface area contributed by atoms with Gasteiger partial charge in [-0.3, -0.25) is 14.3 Å². The zero-order chi connectivity index (χ0) is 20.0. The molecule has 1 unspecified atom stereocenters. The van der Waals surface area contributed by atoms with Crippen LogP contribution in [0.2, 0.25) is 0 Å². The van der Waals surface area contributed by atoms with Gasteiger partial charge in [-0.2, -0.15) is 0 Å². The fourth-order valence-corrected chi connectivity index (χ4v) is 3.62. The summed E-state index contributed by atoms with van der Waals surface area (Å²) < 4.78 is 30.8. The number of thioether (sulfide) groups is 1. The van der Waals surface area contributed by atoms with Crippen LogP contribution in [0.4, 0.5) is 5.69 Å². The summed E-state index contributed by atoms with van der Waals surface area (Å²) in [7, 11) is -3.38. The van der Waals surface area contributed by atoms with Crippen LogP contribution in [0.1, 0.15) is 17.3 Å². The van der Waals surface area contributed by atoms with Gasteiger partial charge in [0.05, 0.1) is 12.0 Å². The fraction of sp³-hybridized carbons (Fsp3) is 0.222. The van der Waals surface area contributed by atoms with E-state index in [0.29, 0.717) is 11.3 Å². The molecule has 2 aromatic rings. The summed E-state index contributed by atoms with van der Waals surface area (Å²) >= 11 is 4.66. The van der Waals surface area contributed by atoms with Gasteiger partial charge in [0.2, 0.25) is 15.8 Å². The standard InChI is InChI=1S/C18H18BrNO5S2/c1-12(25-17(21)11-26-16-9-5-14(19)6-10-16)18(22)13-3-7-15(8-4-13)20-27(2,23)24/h3-10,12,20H,11H2,1-2H3. The Morgan fingerprint density at radius 1 is 1.11 bits per heavy atom. The molecule has 0 heterocycles. The number of Topliss-reactive ketones (excluding diaryl/α,β-unsaturated/α-hetero) is 1. The van der Waals surface area contributed by atoms with Crippen LogP contribution < -0.4 is 4.72 Å². The molecule has 0 aromatic heterocycles. The van der Waals surface area contributed by atoms with Crippen molar-refractivity contribution >= 4 is 55.2 Å². The molecule has 0 bridgehead atoms. The van der Waals surface area contributed by atoms with E-state index in [9.17, 15) is 18.0 Å². The van der Waals surface area contributed by atoms with Crippen molar-refractivity contribution in [1.29, 1.82) is 0 Å². The Morgan fingerprint density at radius 3 is 2.26 bits per heavy atom. The van der Waals surface area contributed by atoms with Crippen molar-refractivity contribution in [3.63, 3.8) is 0 Å². The smallest absolute Gasteiger partial charge is 0.316 e.